The first-order valence-electron chi connectivity index (χ1n) is 6.24. The monoisotopic (exact) mass is 273 g/mol. The molecular weight excluding hydrogens is 258 g/mol. The molecule has 3 heteroatoms. The van der Waals surface area contributed by atoms with Gasteiger partial charge in [-0.1, -0.05) is 55.8 Å². The van der Waals surface area contributed by atoms with E-state index in [4.69, 9.17) is 11.6 Å². The molecule has 0 saturated heterocycles. The van der Waals surface area contributed by atoms with Gasteiger partial charge in [-0.15, -0.1) is 0 Å². The Balaban J connectivity index is 2.27. The molecule has 19 heavy (non-hydrogen) atoms. The Morgan fingerprint density at radius 2 is 1.68 bits per heavy atom. The van der Waals surface area contributed by atoms with Crippen LogP contribution in [0.1, 0.15) is 35.7 Å². The molecule has 98 valence electrons. The third kappa shape index (κ3) is 3.15. The summed E-state index contributed by atoms with van der Waals surface area (Å²) in [6.07, 6.45) is 0. The predicted molar refractivity (Wildman–Crippen MR) is 79.9 cm³/mol. The fraction of sp³-hybridized carbons (Fsp3) is 0.188. The SMILES string of the molecule is CC(C)c1ccccc1NC(=O)c1ccccc1Cl. The highest BCUT2D eigenvalue weighted by Gasteiger charge is 2.12. The van der Waals surface area contributed by atoms with Crippen molar-refractivity contribution in [1.82, 2.24) is 0 Å². The molecule has 0 aromatic heterocycles. The number of hydrogen-bond donors (Lipinski definition) is 1. The van der Waals surface area contributed by atoms with Crippen LogP contribution in [0.3, 0.4) is 0 Å². The molecule has 1 N–H and O–H groups in total. The topological polar surface area (TPSA) is 29.1 Å². The molecule has 2 aromatic rings. The summed E-state index contributed by atoms with van der Waals surface area (Å²) < 4.78 is 0. The molecule has 0 radical (unpaired) electrons. The first-order valence-corrected chi connectivity index (χ1v) is 6.62. The van der Waals surface area contributed by atoms with Crippen molar-refractivity contribution in [1.29, 1.82) is 0 Å². The maximum absolute atomic E-state index is 12.2. The van der Waals surface area contributed by atoms with Crippen molar-refractivity contribution < 1.29 is 4.79 Å². The Bertz CT molecular complexity index is 593. The maximum atomic E-state index is 12.2. The number of hydrogen-bond acceptors (Lipinski definition) is 1. The highest BCUT2D eigenvalue weighted by molar-refractivity contribution is 6.34. The van der Waals surface area contributed by atoms with Crippen molar-refractivity contribution >= 4 is 23.2 Å². The molecule has 0 aliphatic rings. The average molecular weight is 274 g/mol. The normalized spacial score (nSPS) is 10.5. The van der Waals surface area contributed by atoms with Gasteiger partial charge in [0.1, 0.15) is 0 Å². The first-order chi connectivity index (χ1) is 9.09. The first kappa shape index (κ1) is 13.6. The summed E-state index contributed by atoms with van der Waals surface area (Å²) in [5.41, 5.74) is 2.44. The molecular formula is C16H16ClNO. The van der Waals surface area contributed by atoms with Gasteiger partial charge in [0.2, 0.25) is 0 Å². The fourth-order valence-electron chi connectivity index (χ4n) is 1.95. The minimum atomic E-state index is -0.182. The third-order valence-electron chi connectivity index (χ3n) is 2.95. The van der Waals surface area contributed by atoms with Gasteiger partial charge in [0.25, 0.3) is 5.91 Å². The van der Waals surface area contributed by atoms with Crippen molar-refractivity contribution in [2.75, 3.05) is 5.32 Å². The zero-order valence-corrected chi connectivity index (χ0v) is 11.7. The molecule has 0 atom stereocenters. The zero-order valence-electron chi connectivity index (χ0n) is 11.0. The molecule has 0 fully saturated rings. The van der Waals surface area contributed by atoms with E-state index < -0.39 is 0 Å². The number of para-hydroxylation sites is 1. The molecule has 0 heterocycles. The van der Waals surface area contributed by atoms with E-state index in [2.05, 4.69) is 19.2 Å². The second kappa shape index (κ2) is 5.89. The second-order valence-electron chi connectivity index (χ2n) is 4.68. The quantitative estimate of drug-likeness (QED) is 0.862. The lowest BCUT2D eigenvalue weighted by Crippen LogP contribution is -2.14. The summed E-state index contributed by atoms with van der Waals surface area (Å²) in [7, 11) is 0. The third-order valence-corrected chi connectivity index (χ3v) is 3.28. The van der Waals surface area contributed by atoms with E-state index in [1.54, 1.807) is 24.3 Å². The lowest BCUT2D eigenvalue weighted by atomic mass is 10.0. The van der Waals surface area contributed by atoms with Crippen LogP contribution >= 0.6 is 11.6 Å². The van der Waals surface area contributed by atoms with Crippen LogP contribution in [0.5, 0.6) is 0 Å². The van der Waals surface area contributed by atoms with Gasteiger partial charge >= 0.3 is 0 Å². The fourth-order valence-corrected chi connectivity index (χ4v) is 2.17. The van der Waals surface area contributed by atoms with Crippen molar-refractivity contribution in [3.05, 3.63) is 64.7 Å². The van der Waals surface area contributed by atoms with Gasteiger partial charge in [-0.2, -0.15) is 0 Å². The average Bonchev–Trinajstić information content (AvgIpc) is 2.39. The van der Waals surface area contributed by atoms with Gasteiger partial charge in [-0.3, -0.25) is 4.79 Å². The Labute approximate surface area is 118 Å². The summed E-state index contributed by atoms with van der Waals surface area (Å²) in [5.74, 6) is 0.168. The molecule has 0 bridgehead atoms. The van der Waals surface area contributed by atoms with Crippen LogP contribution in [0.15, 0.2) is 48.5 Å². The van der Waals surface area contributed by atoms with E-state index in [-0.39, 0.29) is 5.91 Å². The number of nitrogens with one attached hydrogen (secondary N) is 1. The molecule has 0 aliphatic heterocycles. The minimum Gasteiger partial charge on any atom is -0.322 e. The molecule has 2 rings (SSSR count). The predicted octanol–water partition coefficient (Wildman–Crippen LogP) is 4.72. The van der Waals surface area contributed by atoms with E-state index in [1.165, 1.54) is 0 Å². The number of benzene rings is 2. The van der Waals surface area contributed by atoms with Crippen LogP contribution in [-0.2, 0) is 0 Å². The van der Waals surface area contributed by atoms with Crippen LogP contribution in [0.4, 0.5) is 5.69 Å². The van der Waals surface area contributed by atoms with Crippen molar-refractivity contribution in [2.24, 2.45) is 0 Å². The van der Waals surface area contributed by atoms with E-state index in [0.717, 1.165) is 11.3 Å². The van der Waals surface area contributed by atoms with Crippen LogP contribution in [-0.4, -0.2) is 5.91 Å². The van der Waals surface area contributed by atoms with Crippen LogP contribution in [0.2, 0.25) is 5.02 Å². The van der Waals surface area contributed by atoms with E-state index in [1.807, 2.05) is 24.3 Å². The second-order valence-corrected chi connectivity index (χ2v) is 5.08. The smallest absolute Gasteiger partial charge is 0.257 e. The summed E-state index contributed by atoms with van der Waals surface area (Å²) in [4.78, 5) is 12.2. The standard InChI is InChI=1S/C16H16ClNO/c1-11(2)12-7-4-6-10-15(12)18-16(19)13-8-3-5-9-14(13)17/h3-11H,1-2H3,(H,18,19). The molecule has 1 amide bonds. The summed E-state index contributed by atoms with van der Waals surface area (Å²) in [5, 5.41) is 3.39. The number of carbonyl (C=O) groups excluding carboxylic acids is 1. The molecule has 2 nitrogen and oxygen atoms in total. The summed E-state index contributed by atoms with van der Waals surface area (Å²) in [6, 6.07) is 14.8. The van der Waals surface area contributed by atoms with Crippen LogP contribution < -0.4 is 5.32 Å². The van der Waals surface area contributed by atoms with Gasteiger partial charge in [0, 0.05) is 5.69 Å². The zero-order chi connectivity index (χ0) is 13.8. The largest absolute Gasteiger partial charge is 0.322 e. The van der Waals surface area contributed by atoms with Crippen molar-refractivity contribution in [2.45, 2.75) is 19.8 Å². The molecule has 0 unspecified atom stereocenters. The molecule has 0 spiro atoms. The maximum Gasteiger partial charge on any atom is 0.257 e. The van der Waals surface area contributed by atoms with E-state index >= 15 is 0 Å². The van der Waals surface area contributed by atoms with Gasteiger partial charge in [-0.25, -0.2) is 0 Å². The Hall–Kier alpha value is -1.80. The number of amides is 1. The molecule has 2 aromatic carbocycles. The molecule has 0 aliphatic carbocycles. The minimum absolute atomic E-state index is 0.182. The van der Waals surface area contributed by atoms with Gasteiger partial charge in [0.15, 0.2) is 0 Å². The number of carbonyl (C=O) groups is 1. The Morgan fingerprint density at radius 1 is 1.05 bits per heavy atom. The van der Waals surface area contributed by atoms with Gasteiger partial charge < -0.3 is 5.32 Å². The highest BCUT2D eigenvalue weighted by atomic mass is 35.5. The molecule has 0 saturated carbocycles. The Morgan fingerprint density at radius 3 is 2.37 bits per heavy atom. The number of anilines is 1. The summed E-state index contributed by atoms with van der Waals surface area (Å²) >= 11 is 6.03. The van der Waals surface area contributed by atoms with Crippen LogP contribution in [0, 0.1) is 0 Å². The van der Waals surface area contributed by atoms with Crippen LogP contribution in [0.25, 0.3) is 0 Å². The lowest BCUT2D eigenvalue weighted by Gasteiger charge is -2.14. The van der Waals surface area contributed by atoms with E-state index in [9.17, 15) is 4.79 Å². The van der Waals surface area contributed by atoms with Crippen molar-refractivity contribution in [3.63, 3.8) is 0 Å². The highest BCUT2D eigenvalue weighted by Crippen LogP contribution is 2.25. The van der Waals surface area contributed by atoms with E-state index in [0.29, 0.717) is 16.5 Å². The number of rotatable bonds is 3. The number of halogens is 1. The lowest BCUT2D eigenvalue weighted by molar-refractivity contribution is 0.102. The van der Waals surface area contributed by atoms with Crippen molar-refractivity contribution in [3.8, 4) is 0 Å². The summed E-state index contributed by atoms with van der Waals surface area (Å²) in [6.45, 7) is 4.20. The van der Waals surface area contributed by atoms with Gasteiger partial charge in [0.05, 0.1) is 10.6 Å². The Kier molecular flexibility index (Phi) is 4.23. The van der Waals surface area contributed by atoms with Gasteiger partial charge in [-0.05, 0) is 29.7 Å².